The Morgan fingerprint density at radius 3 is 2.85 bits per heavy atom. The first kappa shape index (κ1) is 15.5. The van der Waals surface area contributed by atoms with Crippen LogP contribution in [0.15, 0.2) is 36.7 Å². The Bertz CT molecular complexity index is 528. The number of aromatic nitrogens is 2. The van der Waals surface area contributed by atoms with E-state index in [1.165, 1.54) is 9.13 Å². The van der Waals surface area contributed by atoms with E-state index in [1.807, 2.05) is 16.9 Å². The molecule has 0 spiro atoms. The van der Waals surface area contributed by atoms with Gasteiger partial charge in [0.1, 0.15) is 0 Å². The molecule has 20 heavy (non-hydrogen) atoms. The van der Waals surface area contributed by atoms with Gasteiger partial charge in [0.05, 0.1) is 19.4 Å². The van der Waals surface area contributed by atoms with Gasteiger partial charge in [-0.15, -0.1) is 0 Å². The number of methoxy groups -OCH3 is 1. The van der Waals surface area contributed by atoms with E-state index in [1.54, 1.807) is 7.11 Å². The molecule has 2 aromatic rings. The maximum absolute atomic E-state index is 5.44. The molecule has 1 aromatic heterocycles. The van der Waals surface area contributed by atoms with E-state index in [-0.39, 0.29) is 0 Å². The minimum absolute atomic E-state index is 0.651. The minimum Gasteiger partial charge on any atom is -0.382 e. The molecule has 4 nitrogen and oxygen atoms in total. The average molecular weight is 386 g/mol. The lowest BCUT2D eigenvalue weighted by Crippen LogP contribution is -2.06. The molecule has 0 amide bonds. The predicted molar refractivity (Wildman–Crippen MR) is 87.7 cm³/mol. The Hall–Kier alpha value is -0.920. The standard InChI is InChI=1S/C15H19IN2O2/c1-19-9-10-20-8-4-7-18-12-13(11-17-18)14-5-2-3-6-15(14)16/h2-3,5-6,11-12H,4,7-10H2,1H3. The number of benzene rings is 1. The second-order valence-electron chi connectivity index (χ2n) is 4.43. The summed E-state index contributed by atoms with van der Waals surface area (Å²) in [5.41, 5.74) is 2.39. The Labute approximate surface area is 133 Å². The Balaban J connectivity index is 1.82. The fourth-order valence-electron chi connectivity index (χ4n) is 1.89. The highest BCUT2D eigenvalue weighted by molar-refractivity contribution is 14.1. The molecule has 0 radical (unpaired) electrons. The first-order valence-corrected chi connectivity index (χ1v) is 7.73. The summed E-state index contributed by atoms with van der Waals surface area (Å²) in [7, 11) is 1.68. The van der Waals surface area contributed by atoms with Crippen molar-refractivity contribution in [1.82, 2.24) is 9.78 Å². The van der Waals surface area contributed by atoms with Crippen molar-refractivity contribution >= 4 is 22.6 Å². The Kier molecular flexibility index (Phi) is 6.49. The number of rotatable bonds is 8. The molecule has 0 fully saturated rings. The number of hydrogen-bond acceptors (Lipinski definition) is 3. The summed E-state index contributed by atoms with van der Waals surface area (Å²) >= 11 is 2.35. The van der Waals surface area contributed by atoms with Crippen molar-refractivity contribution in [2.75, 3.05) is 26.9 Å². The van der Waals surface area contributed by atoms with Crippen molar-refractivity contribution in [2.45, 2.75) is 13.0 Å². The van der Waals surface area contributed by atoms with Crippen molar-refractivity contribution in [3.8, 4) is 11.1 Å². The van der Waals surface area contributed by atoms with Crippen LogP contribution in [0.5, 0.6) is 0 Å². The van der Waals surface area contributed by atoms with E-state index in [0.29, 0.717) is 13.2 Å². The lowest BCUT2D eigenvalue weighted by Gasteiger charge is -2.04. The van der Waals surface area contributed by atoms with E-state index in [4.69, 9.17) is 9.47 Å². The quantitative estimate of drug-likeness (QED) is 0.517. The summed E-state index contributed by atoms with van der Waals surface area (Å²) in [6.45, 7) is 2.92. The van der Waals surface area contributed by atoms with Crippen LogP contribution in [-0.2, 0) is 16.0 Å². The smallest absolute Gasteiger partial charge is 0.0700 e. The summed E-state index contributed by atoms with van der Waals surface area (Å²) in [6, 6.07) is 8.33. The third kappa shape index (κ3) is 4.57. The molecule has 0 N–H and O–H groups in total. The van der Waals surface area contributed by atoms with E-state index in [2.05, 4.69) is 52.1 Å². The molecule has 0 aliphatic rings. The lowest BCUT2D eigenvalue weighted by atomic mass is 10.1. The number of halogens is 1. The Morgan fingerprint density at radius 2 is 2.05 bits per heavy atom. The first-order chi connectivity index (χ1) is 9.81. The van der Waals surface area contributed by atoms with Crippen molar-refractivity contribution in [3.63, 3.8) is 0 Å². The van der Waals surface area contributed by atoms with Crippen molar-refractivity contribution in [3.05, 3.63) is 40.2 Å². The molecule has 108 valence electrons. The number of ether oxygens (including phenoxy) is 2. The topological polar surface area (TPSA) is 36.3 Å². The van der Waals surface area contributed by atoms with Gasteiger partial charge in [0, 0.05) is 35.6 Å². The summed E-state index contributed by atoms with van der Waals surface area (Å²) in [6.07, 6.45) is 4.96. The fraction of sp³-hybridized carbons (Fsp3) is 0.400. The van der Waals surface area contributed by atoms with Crippen molar-refractivity contribution in [2.24, 2.45) is 0 Å². The maximum Gasteiger partial charge on any atom is 0.0700 e. The van der Waals surface area contributed by atoms with Gasteiger partial charge in [-0.2, -0.15) is 5.10 Å². The van der Waals surface area contributed by atoms with Gasteiger partial charge in [0.25, 0.3) is 0 Å². The zero-order chi connectivity index (χ0) is 14.2. The second-order valence-corrected chi connectivity index (χ2v) is 5.59. The van der Waals surface area contributed by atoms with Gasteiger partial charge in [-0.05, 0) is 40.6 Å². The van der Waals surface area contributed by atoms with Crippen LogP contribution in [0.4, 0.5) is 0 Å². The summed E-state index contributed by atoms with van der Waals surface area (Å²) < 4.78 is 13.6. The molecule has 0 saturated heterocycles. The van der Waals surface area contributed by atoms with Crippen molar-refractivity contribution in [1.29, 1.82) is 0 Å². The first-order valence-electron chi connectivity index (χ1n) is 6.65. The molecule has 1 heterocycles. The molecule has 0 bridgehead atoms. The zero-order valence-electron chi connectivity index (χ0n) is 11.6. The van der Waals surface area contributed by atoms with E-state index < -0.39 is 0 Å². The summed E-state index contributed by atoms with van der Waals surface area (Å²) in [5, 5.41) is 4.40. The molecule has 0 saturated carbocycles. The monoisotopic (exact) mass is 386 g/mol. The number of aryl methyl sites for hydroxylation is 1. The third-order valence-electron chi connectivity index (χ3n) is 2.93. The molecular weight excluding hydrogens is 367 g/mol. The normalized spacial score (nSPS) is 10.9. The van der Waals surface area contributed by atoms with Gasteiger partial charge in [-0.25, -0.2) is 0 Å². The maximum atomic E-state index is 5.44. The van der Waals surface area contributed by atoms with Crippen LogP contribution in [0.25, 0.3) is 11.1 Å². The lowest BCUT2D eigenvalue weighted by molar-refractivity contribution is 0.0677. The highest BCUT2D eigenvalue weighted by atomic mass is 127. The van der Waals surface area contributed by atoms with Crippen LogP contribution in [0.1, 0.15) is 6.42 Å². The summed E-state index contributed by atoms with van der Waals surface area (Å²) in [4.78, 5) is 0. The number of nitrogens with zero attached hydrogens (tertiary/aromatic N) is 2. The zero-order valence-corrected chi connectivity index (χ0v) is 13.7. The van der Waals surface area contributed by atoms with Crippen molar-refractivity contribution < 1.29 is 9.47 Å². The fourth-order valence-corrected chi connectivity index (χ4v) is 2.59. The highest BCUT2D eigenvalue weighted by Gasteiger charge is 2.04. The van der Waals surface area contributed by atoms with E-state index in [9.17, 15) is 0 Å². The van der Waals surface area contributed by atoms with Crippen LogP contribution in [0.3, 0.4) is 0 Å². The van der Waals surface area contributed by atoms with Gasteiger partial charge in [0.2, 0.25) is 0 Å². The van der Waals surface area contributed by atoms with E-state index >= 15 is 0 Å². The molecule has 0 unspecified atom stereocenters. The van der Waals surface area contributed by atoms with E-state index in [0.717, 1.165) is 25.1 Å². The molecule has 0 atom stereocenters. The molecule has 2 rings (SSSR count). The van der Waals surface area contributed by atoms with Gasteiger partial charge in [-0.1, -0.05) is 18.2 Å². The molecular formula is C15H19IN2O2. The van der Waals surface area contributed by atoms with Crippen LogP contribution in [-0.4, -0.2) is 36.7 Å². The minimum atomic E-state index is 0.651. The van der Waals surface area contributed by atoms with Gasteiger partial charge < -0.3 is 9.47 Å². The number of hydrogen-bond donors (Lipinski definition) is 0. The summed E-state index contributed by atoms with van der Waals surface area (Å²) in [5.74, 6) is 0. The Morgan fingerprint density at radius 1 is 1.20 bits per heavy atom. The highest BCUT2D eigenvalue weighted by Crippen LogP contribution is 2.24. The van der Waals surface area contributed by atoms with Crippen LogP contribution in [0, 0.1) is 3.57 Å². The van der Waals surface area contributed by atoms with Crippen LogP contribution < -0.4 is 0 Å². The largest absolute Gasteiger partial charge is 0.382 e. The van der Waals surface area contributed by atoms with Gasteiger partial charge in [-0.3, -0.25) is 4.68 Å². The predicted octanol–water partition coefficient (Wildman–Crippen LogP) is 3.21. The van der Waals surface area contributed by atoms with Gasteiger partial charge in [0.15, 0.2) is 0 Å². The molecule has 5 heteroatoms. The van der Waals surface area contributed by atoms with Crippen LogP contribution in [0.2, 0.25) is 0 Å². The third-order valence-corrected chi connectivity index (χ3v) is 3.87. The molecule has 1 aromatic carbocycles. The average Bonchev–Trinajstić information content (AvgIpc) is 2.92. The van der Waals surface area contributed by atoms with Gasteiger partial charge >= 0.3 is 0 Å². The second kappa shape index (κ2) is 8.39. The SMILES string of the molecule is COCCOCCCn1cc(-c2ccccc2I)cn1. The van der Waals surface area contributed by atoms with Crippen LogP contribution >= 0.6 is 22.6 Å². The molecule has 0 aliphatic heterocycles. The molecule has 0 aliphatic carbocycles.